The molecule has 2 aliphatic heterocycles. The number of benzene rings is 2. The van der Waals surface area contributed by atoms with Crippen LogP contribution in [-0.2, 0) is 21.7 Å². The number of aromatic carboxylic acids is 1. The number of nitrogens with one attached hydrogen (secondary N) is 3. The first-order valence-electron chi connectivity index (χ1n) is 10.8. The molecule has 10 heteroatoms. The van der Waals surface area contributed by atoms with Crippen LogP contribution >= 0.6 is 0 Å². The maximum Gasteiger partial charge on any atom is 0.335 e. The van der Waals surface area contributed by atoms with Crippen molar-refractivity contribution in [3.63, 3.8) is 0 Å². The number of anilines is 1. The number of imide groups is 1. The number of carbonyl (C=O) groups is 5. The minimum absolute atomic E-state index is 0.122. The summed E-state index contributed by atoms with van der Waals surface area (Å²) in [6, 6.07) is 10.00. The third-order valence-corrected chi connectivity index (χ3v) is 6.04. The average molecular weight is 464 g/mol. The van der Waals surface area contributed by atoms with Gasteiger partial charge in [0, 0.05) is 24.2 Å². The summed E-state index contributed by atoms with van der Waals surface area (Å²) in [5.74, 6) is -2.18. The number of amides is 5. The minimum Gasteiger partial charge on any atom is -0.478 e. The van der Waals surface area contributed by atoms with Gasteiger partial charge in [0.1, 0.15) is 6.04 Å². The van der Waals surface area contributed by atoms with Gasteiger partial charge in [-0.2, -0.15) is 0 Å². The highest BCUT2D eigenvalue weighted by atomic mass is 16.4. The van der Waals surface area contributed by atoms with Crippen LogP contribution in [0, 0.1) is 0 Å². The first-order valence-corrected chi connectivity index (χ1v) is 10.8. The lowest BCUT2D eigenvalue weighted by atomic mass is 9.93. The van der Waals surface area contributed by atoms with E-state index in [-0.39, 0.29) is 36.8 Å². The van der Waals surface area contributed by atoms with Gasteiger partial charge in [0.05, 0.1) is 11.1 Å². The summed E-state index contributed by atoms with van der Waals surface area (Å²) in [7, 11) is 0. The Morgan fingerprint density at radius 3 is 2.59 bits per heavy atom. The summed E-state index contributed by atoms with van der Waals surface area (Å²) >= 11 is 0. The van der Waals surface area contributed by atoms with Crippen LogP contribution in [0.5, 0.6) is 0 Å². The van der Waals surface area contributed by atoms with E-state index in [9.17, 15) is 29.1 Å². The number of carboxylic acid groups (broad SMARTS) is 1. The van der Waals surface area contributed by atoms with E-state index in [0.29, 0.717) is 22.4 Å². The maximum atomic E-state index is 12.8. The Kier molecular flexibility index (Phi) is 5.82. The number of nitrogens with zero attached hydrogens (tertiary/aromatic N) is 1. The van der Waals surface area contributed by atoms with E-state index >= 15 is 0 Å². The summed E-state index contributed by atoms with van der Waals surface area (Å²) < 4.78 is 0. The molecule has 10 nitrogen and oxygen atoms in total. The van der Waals surface area contributed by atoms with Crippen LogP contribution in [0.1, 0.15) is 58.5 Å². The van der Waals surface area contributed by atoms with E-state index < -0.39 is 29.5 Å². The number of hydrogen-bond acceptors (Lipinski definition) is 5. The molecular weight excluding hydrogens is 440 g/mol. The number of carboxylic acids is 1. The molecule has 0 saturated carbocycles. The Morgan fingerprint density at radius 1 is 1.12 bits per heavy atom. The predicted octanol–water partition coefficient (Wildman–Crippen LogP) is 2.20. The molecule has 0 radical (unpaired) electrons. The molecular formula is C24H24N4O6. The number of urea groups is 1. The highest BCUT2D eigenvalue weighted by Gasteiger charge is 2.39. The molecule has 0 aliphatic carbocycles. The largest absolute Gasteiger partial charge is 0.478 e. The molecule has 0 spiro atoms. The van der Waals surface area contributed by atoms with E-state index in [1.54, 1.807) is 44.2 Å². The monoisotopic (exact) mass is 464 g/mol. The molecule has 4 rings (SSSR count). The van der Waals surface area contributed by atoms with Gasteiger partial charge in [-0.1, -0.05) is 12.1 Å². The zero-order chi connectivity index (χ0) is 24.6. The molecule has 4 N–H and O–H groups in total. The zero-order valence-corrected chi connectivity index (χ0v) is 18.7. The summed E-state index contributed by atoms with van der Waals surface area (Å²) in [6.07, 6.45) is 0.449. The average Bonchev–Trinajstić information content (AvgIpc) is 3.09. The summed E-state index contributed by atoms with van der Waals surface area (Å²) in [5, 5.41) is 17.0. The van der Waals surface area contributed by atoms with Gasteiger partial charge in [0.15, 0.2) is 0 Å². The SMILES string of the molecule is CC(C)(NC(=O)Nc1ccc2c(c1)CN(C1CCC(=O)NC1=O)C2=O)c1cccc(C(=O)O)c1. The Balaban J connectivity index is 1.44. The Bertz CT molecular complexity index is 1220. The molecule has 2 aromatic carbocycles. The van der Waals surface area contributed by atoms with Crippen LogP contribution in [0.2, 0.25) is 0 Å². The fourth-order valence-electron chi connectivity index (χ4n) is 4.21. The van der Waals surface area contributed by atoms with E-state index in [0.717, 1.165) is 0 Å². The summed E-state index contributed by atoms with van der Waals surface area (Å²) in [6.45, 7) is 3.71. The van der Waals surface area contributed by atoms with Crippen LogP contribution in [0.3, 0.4) is 0 Å². The van der Waals surface area contributed by atoms with Gasteiger partial charge in [-0.05, 0) is 61.7 Å². The van der Waals surface area contributed by atoms with Crippen molar-refractivity contribution in [2.45, 2.75) is 44.8 Å². The zero-order valence-electron chi connectivity index (χ0n) is 18.7. The van der Waals surface area contributed by atoms with E-state index in [1.165, 1.54) is 17.0 Å². The molecule has 2 aromatic rings. The van der Waals surface area contributed by atoms with Crippen molar-refractivity contribution in [2.24, 2.45) is 0 Å². The predicted molar refractivity (Wildman–Crippen MR) is 121 cm³/mol. The standard InChI is InChI=1S/C24H24N4O6/c1-24(2,15-5-3-4-13(10-15)22(32)33)27-23(34)25-16-6-7-17-14(11-16)12-28(21(17)31)18-8-9-19(29)26-20(18)30/h3-7,10-11,18H,8-9,12H2,1-2H3,(H,32,33)(H2,25,27,34)(H,26,29,30). The molecule has 5 amide bonds. The highest BCUT2D eigenvalue weighted by molar-refractivity contribution is 6.05. The molecule has 34 heavy (non-hydrogen) atoms. The molecule has 176 valence electrons. The van der Waals surface area contributed by atoms with Crippen LogP contribution in [0.4, 0.5) is 10.5 Å². The molecule has 1 atom stereocenters. The second kappa shape index (κ2) is 8.62. The van der Waals surface area contributed by atoms with Gasteiger partial charge in [0.2, 0.25) is 11.8 Å². The fraction of sp³-hybridized carbons (Fsp3) is 0.292. The van der Waals surface area contributed by atoms with Crippen molar-refractivity contribution in [1.82, 2.24) is 15.5 Å². The van der Waals surface area contributed by atoms with Gasteiger partial charge >= 0.3 is 12.0 Å². The topological polar surface area (TPSA) is 145 Å². The Morgan fingerprint density at radius 2 is 1.88 bits per heavy atom. The molecule has 0 aromatic heterocycles. The fourth-order valence-corrected chi connectivity index (χ4v) is 4.21. The van der Waals surface area contributed by atoms with Crippen molar-refractivity contribution in [2.75, 3.05) is 5.32 Å². The van der Waals surface area contributed by atoms with Crippen LogP contribution in [0.15, 0.2) is 42.5 Å². The number of fused-ring (bicyclic) bond motifs is 1. The highest BCUT2D eigenvalue weighted by Crippen LogP contribution is 2.29. The Labute approximate surface area is 195 Å². The first-order chi connectivity index (χ1) is 16.0. The number of rotatable bonds is 5. The number of carbonyl (C=O) groups excluding carboxylic acids is 4. The minimum atomic E-state index is -1.05. The molecule has 1 unspecified atom stereocenters. The van der Waals surface area contributed by atoms with Crippen molar-refractivity contribution >= 4 is 35.4 Å². The van der Waals surface area contributed by atoms with Crippen LogP contribution in [-0.4, -0.2) is 45.8 Å². The van der Waals surface area contributed by atoms with Gasteiger partial charge in [0.25, 0.3) is 5.91 Å². The first kappa shape index (κ1) is 23.0. The maximum absolute atomic E-state index is 12.8. The van der Waals surface area contributed by atoms with E-state index in [4.69, 9.17) is 0 Å². The molecule has 2 aliphatic rings. The van der Waals surface area contributed by atoms with Crippen molar-refractivity contribution in [3.05, 3.63) is 64.7 Å². The third-order valence-electron chi connectivity index (χ3n) is 6.04. The molecule has 1 saturated heterocycles. The smallest absolute Gasteiger partial charge is 0.335 e. The van der Waals surface area contributed by atoms with Gasteiger partial charge in [-0.15, -0.1) is 0 Å². The lowest BCUT2D eigenvalue weighted by Gasteiger charge is -2.29. The molecule has 2 heterocycles. The van der Waals surface area contributed by atoms with Gasteiger partial charge in [-0.25, -0.2) is 9.59 Å². The van der Waals surface area contributed by atoms with Gasteiger partial charge in [-0.3, -0.25) is 19.7 Å². The molecule has 1 fully saturated rings. The van der Waals surface area contributed by atoms with Crippen LogP contribution < -0.4 is 16.0 Å². The number of piperidine rings is 1. The lowest BCUT2D eigenvalue weighted by molar-refractivity contribution is -0.136. The second-order valence-corrected chi connectivity index (χ2v) is 8.86. The lowest BCUT2D eigenvalue weighted by Crippen LogP contribution is -2.52. The summed E-state index contributed by atoms with van der Waals surface area (Å²) in [4.78, 5) is 61.8. The summed E-state index contributed by atoms with van der Waals surface area (Å²) in [5.41, 5.74) is 1.47. The Hall–Kier alpha value is -4.21. The third kappa shape index (κ3) is 4.47. The van der Waals surface area contributed by atoms with E-state index in [1.807, 2.05) is 0 Å². The van der Waals surface area contributed by atoms with Crippen molar-refractivity contribution in [1.29, 1.82) is 0 Å². The van der Waals surface area contributed by atoms with Crippen molar-refractivity contribution < 1.29 is 29.1 Å². The quantitative estimate of drug-likeness (QED) is 0.499. The van der Waals surface area contributed by atoms with Crippen molar-refractivity contribution in [3.8, 4) is 0 Å². The second-order valence-electron chi connectivity index (χ2n) is 8.86. The number of hydrogen-bond donors (Lipinski definition) is 4. The van der Waals surface area contributed by atoms with Crippen LogP contribution in [0.25, 0.3) is 0 Å². The van der Waals surface area contributed by atoms with E-state index in [2.05, 4.69) is 16.0 Å². The van der Waals surface area contributed by atoms with Gasteiger partial charge < -0.3 is 20.6 Å². The normalized spacial score (nSPS) is 17.8. The molecule has 0 bridgehead atoms.